The van der Waals surface area contributed by atoms with Crippen LogP contribution >= 0.6 is 0 Å². The largest absolute Gasteiger partial charge is 0.480 e. The second kappa shape index (κ2) is 5.46. The van der Waals surface area contributed by atoms with Gasteiger partial charge in [0.15, 0.2) is 0 Å². The Bertz CT molecular complexity index is 294. The SMILES string of the molecule is O=C(O)CN1CCN(C(=O)[C@@H]2CCCO2)CC1. The maximum atomic E-state index is 12.0. The molecule has 0 bridgehead atoms. The van der Waals surface area contributed by atoms with Crippen molar-refractivity contribution in [2.45, 2.75) is 18.9 Å². The van der Waals surface area contributed by atoms with Crippen LogP contribution < -0.4 is 0 Å². The molecule has 0 radical (unpaired) electrons. The first-order valence-electron chi connectivity index (χ1n) is 6.01. The van der Waals surface area contributed by atoms with Crippen molar-refractivity contribution in [1.82, 2.24) is 9.80 Å². The van der Waals surface area contributed by atoms with Crippen LogP contribution in [0.15, 0.2) is 0 Å². The van der Waals surface area contributed by atoms with Crippen LogP contribution in [0.3, 0.4) is 0 Å². The lowest BCUT2D eigenvalue weighted by Crippen LogP contribution is -2.52. The van der Waals surface area contributed by atoms with Crippen molar-refractivity contribution in [3.63, 3.8) is 0 Å². The van der Waals surface area contributed by atoms with Crippen LogP contribution in [0.5, 0.6) is 0 Å². The van der Waals surface area contributed by atoms with Gasteiger partial charge in [-0.2, -0.15) is 0 Å². The molecule has 0 aromatic rings. The Morgan fingerprint density at radius 3 is 2.47 bits per heavy atom. The highest BCUT2D eigenvalue weighted by Crippen LogP contribution is 2.15. The number of amides is 1. The van der Waals surface area contributed by atoms with Gasteiger partial charge in [0.05, 0.1) is 6.54 Å². The lowest BCUT2D eigenvalue weighted by atomic mass is 10.2. The first-order valence-corrected chi connectivity index (χ1v) is 6.01. The zero-order valence-electron chi connectivity index (χ0n) is 9.80. The molecule has 2 fully saturated rings. The molecule has 17 heavy (non-hydrogen) atoms. The number of hydrogen-bond donors (Lipinski definition) is 1. The van der Waals surface area contributed by atoms with Crippen molar-refractivity contribution >= 4 is 11.9 Å². The Kier molecular flexibility index (Phi) is 3.96. The number of hydrogen-bond acceptors (Lipinski definition) is 4. The molecule has 1 atom stereocenters. The van der Waals surface area contributed by atoms with Crippen molar-refractivity contribution in [2.75, 3.05) is 39.3 Å². The predicted molar refractivity (Wildman–Crippen MR) is 59.6 cm³/mol. The van der Waals surface area contributed by atoms with Gasteiger partial charge in [-0.05, 0) is 12.8 Å². The number of nitrogens with zero attached hydrogens (tertiary/aromatic N) is 2. The summed E-state index contributed by atoms with van der Waals surface area (Å²) in [4.78, 5) is 26.2. The Morgan fingerprint density at radius 2 is 1.94 bits per heavy atom. The van der Waals surface area contributed by atoms with Gasteiger partial charge in [-0.3, -0.25) is 14.5 Å². The first kappa shape index (κ1) is 12.3. The Hall–Kier alpha value is -1.14. The zero-order chi connectivity index (χ0) is 12.3. The smallest absolute Gasteiger partial charge is 0.317 e. The van der Waals surface area contributed by atoms with Crippen LogP contribution in [-0.2, 0) is 14.3 Å². The normalized spacial score (nSPS) is 26.1. The van der Waals surface area contributed by atoms with E-state index in [0.717, 1.165) is 12.8 Å². The molecule has 0 aromatic heterocycles. The van der Waals surface area contributed by atoms with Gasteiger partial charge in [0, 0.05) is 32.8 Å². The third kappa shape index (κ3) is 3.17. The summed E-state index contributed by atoms with van der Waals surface area (Å²) < 4.78 is 5.36. The molecule has 2 aliphatic heterocycles. The average Bonchev–Trinajstić information content (AvgIpc) is 2.82. The van der Waals surface area contributed by atoms with Crippen molar-refractivity contribution in [3.05, 3.63) is 0 Å². The van der Waals surface area contributed by atoms with E-state index in [-0.39, 0.29) is 18.6 Å². The fraction of sp³-hybridized carbons (Fsp3) is 0.818. The van der Waals surface area contributed by atoms with E-state index in [1.54, 1.807) is 4.90 Å². The second-order valence-electron chi connectivity index (χ2n) is 4.50. The van der Waals surface area contributed by atoms with Gasteiger partial charge >= 0.3 is 5.97 Å². The molecular formula is C11H18N2O4. The van der Waals surface area contributed by atoms with Gasteiger partial charge < -0.3 is 14.7 Å². The quantitative estimate of drug-likeness (QED) is 0.715. The maximum absolute atomic E-state index is 12.0. The molecular weight excluding hydrogens is 224 g/mol. The van der Waals surface area contributed by atoms with E-state index in [1.807, 2.05) is 4.90 Å². The van der Waals surface area contributed by atoms with E-state index < -0.39 is 5.97 Å². The second-order valence-corrected chi connectivity index (χ2v) is 4.50. The highest BCUT2D eigenvalue weighted by atomic mass is 16.5. The van der Waals surface area contributed by atoms with Gasteiger partial charge in [-0.1, -0.05) is 0 Å². The van der Waals surface area contributed by atoms with Crippen molar-refractivity contribution in [3.8, 4) is 0 Å². The highest BCUT2D eigenvalue weighted by molar-refractivity contribution is 5.81. The van der Waals surface area contributed by atoms with Crippen LogP contribution in [0.4, 0.5) is 0 Å². The molecule has 0 aliphatic carbocycles. The zero-order valence-corrected chi connectivity index (χ0v) is 9.80. The van der Waals surface area contributed by atoms with E-state index >= 15 is 0 Å². The molecule has 6 nitrogen and oxygen atoms in total. The average molecular weight is 242 g/mol. The minimum atomic E-state index is -0.816. The Morgan fingerprint density at radius 1 is 1.24 bits per heavy atom. The number of carboxylic acid groups (broad SMARTS) is 1. The summed E-state index contributed by atoms with van der Waals surface area (Å²) in [7, 11) is 0. The third-order valence-corrected chi connectivity index (χ3v) is 3.25. The molecule has 2 aliphatic rings. The number of aliphatic carboxylic acids is 1. The lowest BCUT2D eigenvalue weighted by molar-refractivity contribution is -0.143. The molecule has 0 saturated carbocycles. The van der Waals surface area contributed by atoms with E-state index in [1.165, 1.54) is 0 Å². The molecule has 0 aromatic carbocycles. The van der Waals surface area contributed by atoms with Crippen LogP contribution in [0.1, 0.15) is 12.8 Å². The molecule has 6 heteroatoms. The van der Waals surface area contributed by atoms with Crippen molar-refractivity contribution in [2.24, 2.45) is 0 Å². The minimum Gasteiger partial charge on any atom is -0.480 e. The molecule has 1 N–H and O–H groups in total. The van der Waals surface area contributed by atoms with Gasteiger partial charge in [-0.15, -0.1) is 0 Å². The standard InChI is InChI=1S/C11H18N2O4/c14-10(15)8-12-3-5-13(6-4-12)11(16)9-2-1-7-17-9/h9H,1-8H2,(H,14,15)/t9-/m0/s1. The maximum Gasteiger partial charge on any atom is 0.317 e. The number of carbonyl (C=O) groups excluding carboxylic acids is 1. The van der Waals surface area contributed by atoms with Crippen molar-refractivity contribution in [1.29, 1.82) is 0 Å². The summed E-state index contributed by atoms with van der Waals surface area (Å²) in [5.74, 6) is -0.749. The van der Waals surface area contributed by atoms with Gasteiger partial charge in [0.1, 0.15) is 6.10 Å². The van der Waals surface area contributed by atoms with Crippen LogP contribution in [0.2, 0.25) is 0 Å². The summed E-state index contributed by atoms with van der Waals surface area (Å²) in [6, 6.07) is 0. The van der Waals surface area contributed by atoms with E-state index in [2.05, 4.69) is 0 Å². The predicted octanol–water partition coefficient (Wildman–Crippen LogP) is -0.606. The number of rotatable bonds is 3. The molecule has 2 saturated heterocycles. The van der Waals surface area contributed by atoms with Crippen LogP contribution in [-0.4, -0.2) is 72.2 Å². The molecule has 1 amide bonds. The number of ether oxygens (including phenoxy) is 1. The van der Waals surface area contributed by atoms with Gasteiger partial charge in [0.25, 0.3) is 5.91 Å². The molecule has 0 unspecified atom stereocenters. The lowest BCUT2D eigenvalue weighted by Gasteiger charge is -2.34. The number of carboxylic acids is 1. The molecule has 2 heterocycles. The summed E-state index contributed by atoms with van der Waals surface area (Å²) in [6.45, 7) is 3.20. The number of carbonyl (C=O) groups is 2. The monoisotopic (exact) mass is 242 g/mol. The first-order chi connectivity index (χ1) is 8.16. The highest BCUT2D eigenvalue weighted by Gasteiger charge is 2.30. The fourth-order valence-electron chi connectivity index (χ4n) is 2.29. The van der Waals surface area contributed by atoms with Gasteiger partial charge in [0.2, 0.25) is 0 Å². The summed E-state index contributed by atoms with van der Waals surface area (Å²) in [5.41, 5.74) is 0. The molecule has 0 spiro atoms. The third-order valence-electron chi connectivity index (χ3n) is 3.25. The molecule has 96 valence electrons. The topological polar surface area (TPSA) is 70.1 Å². The van der Waals surface area contributed by atoms with Gasteiger partial charge in [-0.25, -0.2) is 0 Å². The van der Waals surface area contributed by atoms with E-state index in [0.29, 0.717) is 32.8 Å². The van der Waals surface area contributed by atoms with Crippen molar-refractivity contribution < 1.29 is 19.4 Å². The number of piperazine rings is 1. The van der Waals surface area contributed by atoms with Crippen LogP contribution in [0.25, 0.3) is 0 Å². The summed E-state index contributed by atoms with van der Waals surface area (Å²) >= 11 is 0. The Labute approximate surface area is 100 Å². The summed E-state index contributed by atoms with van der Waals surface area (Å²) in [5, 5.41) is 8.67. The summed E-state index contributed by atoms with van der Waals surface area (Å²) in [6.07, 6.45) is 1.50. The fourth-order valence-corrected chi connectivity index (χ4v) is 2.29. The van der Waals surface area contributed by atoms with Crippen LogP contribution in [0, 0.1) is 0 Å². The molecule has 2 rings (SSSR count). The Balaban J connectivity index is 1.78. The van der Waals surface area contributed by atoms with E-state index in [4.69, 9.17) is 9.84 Å². The minimum absolute atomic E-state index is 0.0575. The van der Waals surface area contributed by atoms with E-state index in [9.17, 15) is 9.59 Å².